The molecule has 7 heteroatoms. The zero-order valence-corrected chi connectivity index (χ0v) is 13.8. The maximum Gasteiger partial charge on any atom is 0.221 e. The first-order valence-electron chi connectivity index (χ1n) is 7.54. The van der Waals surface area contributed by atoms with E-state index in [1.165, 1.54) is 0 Å². The van der Waals surface area contributed by atoms with Crippen LogP contribution in [0.5, 0.6) is 17.2 Å². The van der Waals surface area contributed by atoms with E-state index >= 15 is 0 Å². The predicted octanol–water partition coefficient (Wildman–Crippen LogP) is 0.707. The van der Waals surface area contributed by atoms with E-state index < -0.39 is 0 Å². The van der Waals surface area contributed by atoms with Gasteiger partial charge in [0.2, 0.25) is 5.91 Å². The first-order valence-corrected chi connectivity index (χ1v) is 7.54. The minimum Gasteiger partial charge on any atom is -0.496 e. The number of hydrogen-bond acceptors (Lipinski definition) is 6. The molecule has 1 aromatic rings. The zero-order chi connectivity index (χ0) is 16.7. The van der Waals surface area contributed by atoms with E-state index in [1.807, 2.05) is 0 Å². The van der Waals surface area contributed by atoms with Gasteiger partial charge in [0.05, 0.1) is 46.7 Å². The van der Waals surface area contributed by atoms with Crippen LogP contribution in [0.4, 0.5) is 0 Å². The van der Waals surface area contributed by atoms with E-state index in [0.29, 0.717) is 43.4 Å². The molecule has 0 radical (unpaired) electrons. The van der Waals surface area contributed by atoms with E-state index in [1.54, 1.807) is 33.5 Å². The second-order valence-electron chi connectivity index (χ2n) is 5.22. The molecule has 2 rings (SSSR count). The number of benzene rings is 1. The fourth-order valence-electron chi connectivity index (χ4n) is 2.49. The van der Waals surface area contributed by atoms with Gasteiger partial charge in [-0.1, -0.05) is 0 Å². The maximum absolute atomic E-state index is 12.1. The number of carbonyl (C=O) groups is 1. The first-order chi connectivity index (χ1) is 11.2. The minimum atomic E-state index is -0.0482. The number of hydrogen-bond donors (Lipinski definition) is 2. The number of morpholine rings is 1. The molecule has 0 aromatic heterocycles. The largest absolute Gasteiger partial charge is 0.496 e. The van der Waals surface area contributed by atoms with Crippen LogP contribution in [0, 0.1) is 0 Å². The molecule has 1 aliphatic heterocycles. The molecule has 1 unspecified atom stereocenters. The average Bonchev–Trinajstić information content (AvgIpc) is 2.59. The second-order valence-corrected chi connectivity index (χ2v) is 5.22. The van der Waals surface area contributed by atoms with E-state index in [4.69, 9.17) is 18.9 Å². The lowest BCUT2D eigenvalue weighted by molar-refractivity contribution is -0.122. The summed E-state index contributed by atoms with van der Waals surface area (Å²) in [6, 6.07) is 3.59. The Labute approximate surface area is 136 Å². The summed E-state index contributed by atoms with van der Waals surface area (Å²) >= 11 is 0. The summed E-state index contributed by atoms with van der Waals surface area (Å²) in [5.41, 5.74) is 0.775. The summed E-state index contributed by atoms with van der Waals surface area (Å²) < 4.78 is 21.3. The molecule has 0 saturated carbocycles. The summed E-state index contributed by atoms with van der Waals surface area (Å²) in [6.45, 7) is 2.35. The van der Waals surface area contributed by atoms with Gasteiger partial charge in [0.1, 0.15) is 17.2 Å². The van der Waals surface area contributed by atoms with Crippen molar-refractivity contribution in [3.63, 3.8) is 0 Å². The van der Waals surface area contributed by atoms with Crippen molar-refractivity contribution in [2.75, 3.05) is 41.1 Å². The molecule has 23 heavy (non-hydrogen) atoms. The predicted molar refractivity (Wildman–Crippen MR) is 85.2 cm³/mol. The average molecular weight is 324 g/mol. The Morgan fingerprint density at radius 3 is 2.48 bits per heavy atom. The smallest absolute Gasteiger partial charge is 0.221 e. The van der Waals surface area contributed by atoms with Crippen LogP contribution in [0.3, 0.4) is 0 Å². The Bertz CT molecular complexity index is 504. The molecule has 0 spiro atoms. The molecule has 128 valence electrons. The van der Waals surface area contributed by atoms with Crippen LogP contribution in [0.15, 0.2) is 12.1 Å². The molecule has 1 heterocycles. The molecule has 1 saturated heterocycles. The lowest BCUT2D eigenvalue weighted by atomic mass is 10.1. The third-order valence-corrected chi connectivity index (χ3v) is 3.71. The molecule has 0 bridgehead atoms. The van der Waals surface area contributed by atoms with Gasteiger partial charge in [-0.3, -0.25) is 4.79 Å². The highest BCUT2D eigenvalue weighted by atomic mass is 16.5. The molecular formula is C16H24N2O5. The maximum atomic E-state index is 12.1. The van der Waals surface area contributed by atoms with Crippen molar-refractivity contribution >= 4 is 5.91 Å². The number of rotatable bonds is 7. The molecule has 1 aliphatic rings. The van der Waals surface area contributed by atoms with E-state index in [2.05, 4.69) is 10.6 Å². The molecule has 1 aromatic carbocycles. The summed E-state index contributed by atoms with van der Waals surface area (Å²) in [4.78, 5) is 12.1. The van der Waals surface area contributed by atoms with Gasteiger partial charge in [-0.2, -0.15) is 0 Å². The van der Waals surface area contributed by atoms with Gasteiger partial charge in [0.25, 0.3) is 0 Å². The lowest BCUT2D eigenvalue weighted by Gasteiger charge is -2.23. The van der Waals surface area contributed by atoms with Gasteiger partial charge in [0, 0.05) is 31.1 Å². The second kappa shape index (κ2) is 8.59. The number of nitrogens with one attached hydrogen (secondary N) is 2. The highest BCUT2D eigenvalue weighted by Crippen LogP contribution is 2.33. The fraction of sp³-hybridized carbons (Fsp3) is 0.562. The highest BCUT2D eigenvalue weighted by Gasteiger charge is 2.18. The van der Waals surface area contributed by atoms with E-state index in [-0.39, 0.29) is 11.9 Å². The molecule has 1 amide bonds. The van der Waals surface area contributed by atoms with Gasteiger partial charge >= 0.3 is 0 Å². The van der Waals surface area contributed by atoms with Gasteiger partial charge in [-0.05, 0) is 0 Å². The highest BCUT2D eigenvalue weighted by molar-refractivity contribution is 5.76. The molecule has 1 fully saturated rings. The summed E-state index contributed by atoms with van der Waals surface area (Å²) in [6.07, 6.45) is 0.376. The van der Waals surface area contributed by atoms with Gasteiger partial charge in [-0.25, -0.2) is 0 Å². The van der Waals surface area contributed by atoms with E-state index in [0.717, 1.165) is 12.1 Å². The number of carbonyl (C=O) groups excluding carboxylic acids is 1. The Hall–Kier alpha value is -1.99. The van der Waals surface area contributed by atoms with Crippen molar-refractivity contribution in [3.8, 4) is 17.2 Å². The SMILES string of the molecule is COc1cc(OC)c(CNC(=O)CC2COCCN2)c(OC)c1. The van der Waals surface area contributed by atoms with Crippen LogP contribution >= 0.6 is 0 Å². The van der Waals surface area contributed by atoms with Crippen molar-refractivity contribution in [2.24, 2.45) is 0 Å². The number of amides is 1. The molecular weight excluding hydrogens is 300 g/mol. The normalized spacial score (nSPS) is 17.4. The Balaban J connectivity index is 1.99. The van der Waals surface area contributed by atoms with Crippen LogP contribution in [0.25, 0.3) is 0 Å². The van der Waals surface area contributed by atoms with E-state index in [9.17, 15) is 4.79 Å². The quantitative estimate of drug-likeness (QED) is 0.769. The number of methoxy groups -OCH3 is 3. The van der Waals surface area contributed by atoms with Crippen molar-refractivity contribution < 1.29 is 23.7 Å². The Kier molecular flexibility index (Phi) is 6.49. The molecule has 1 atom stereocenters. The van der Waals surface area contributed by atoms with Gasteiger partial charge < -0.3 is 29.6 Å². The summed E-state index contributed by atoms with van der Waals surface area (Å²) in [5, 5.41) is 6.15. The molecule has 2 N–H and O–H groups in total. The Morgan fingerprint density at radius 2 is 1.96 bits per heavy atom. The monoisotopic (exact) mass is 324 g/mol. The van der Waals surface area contributed by atoms with Crippen LogP contribution < -0.4 is 24.8 Å². The van der Waals surface area contributed by atoms with Crippen LogP contribution in [-0.2, 0) is 16.1 Å². The molecule has 7 nitrogen and oxygen atoms in total. The molecule has 0 aliphatic carbocycles. The standard InChI is InChI=1S/C16H24N2O5/c1-20-12-7-14(21-2)13(15(8-12)22-3)9-18-16(19)6-11-10-23-5-4-17-11/h7-8,11,17H,4-6,9-10H2,1-3H3,(H,18,19). The zero-order valence-electron chi connectivity index (χ0n) is 13.8. The summed E-state index contributed by atoms with van der Waals surface area (Å²) in [5.74, 6) is 1.81. The summed E-state index contributed by atoms with van der Waals surface area (Å²) in [7, 11) is 4.72. The van der Waals surface area contributed by atoms with Crippen LogP contribution in [0.2, 0.25) is 0 Å². The van der Waals surface area contributed by atoms with Crippen molar-refractivity contribution in [2.45, 2.75) is 19.0 Å². The van der Waals surface area contributed by atoms with Crippen molar-refractivity contribution in [3.05, 3.63) is 17.7 Å². The third-order valence-electron chi connectivity index (χ3n) is 3.71. The first kappa shape index (κ1) is 17.4. The minimum absolute atomic E-state index is 0.0482. The lowest BCUT2D eigenvalue weighted by Crippen LogP contribution is -2.44. The topological polar surface area (TPSA) is 78.1 Å². The van der Waals surface area contributed by atoms with Crippen LogP contribution in [0.1, 0.15) is 12.0 Å². The van der Waals surface area contributed by atoms with Crippen molar-refractivity contribution in [1.29, 1.82) is 0 Å². The Morgan fingerprint density at radius 1 is 1.26 bits per heavy atom. The third kappa shape index (κ3) is 4.74. The van der Waals surface area contributed by atoms with Gasteiger partial charge in [0.15, 0.2) is 0 Å². The number of ether oxygens (including phenoxy) is 4. The van der Waals surface area contributed by atoms with Gasteiger partial charge in [-0.15, -0.1) is 0 Å². The fourth-order valence-corrected chi connectivity index (χ4v) is 2.49. The van der Waals surface area contributed by atoms with Crippen molar-refractivity contribution in [1.82, 2.24) is 10.6 Å². The van der Waals surface area contributed by atoms with Crippen LogP contribution in [-0.4, -0.2) is 53.0 Å².